The van der Waals surface area contributed by atoms with Gasteiger partial charge in [-0.25, -0.2) is 4.39 Å². The van der Waals surface area contributed by atoms with Crippen molar-refractivity contribution in [3.63, 3.8) is 0 Å². The Labute approximate surface area is 122 Å². The van der Waals surface area contributed by atoms with Crippen LogP contribution in [0.4, 0.5) is 15.8 Å². The lowest BCUT2D eigenvalue weighted by molar-refractivity contribution is 0.627. The third-order valence-corrected chi connectivity index (χ3v) is 3.44. The molecule has 0 radical (unpaired) electrons. The molecule has 0 saturated carbocycles. The average molecular weight is 298 g/mol. The highest BCUT2D eigenvalue weighted by Gasteiger charge is 2.12. The zero-order chi connectivity index (χ0) is 13.8. The minimum atomic E-state index is -0.252. The van der Waals surface area contributed by atoms with Gasteiger partial charge in [0.2, 0.25) is 0 Å². The van der Waals surface area contributed by atoms with Crippen molar-refractivity contribution in [1.29, 1.82) is 0 Å². The Balaban J connectivity index is 2.48. The summed E-state index contributed by atoms with van der Waals surface area (Å²) >= 11 is 11.9. The lowest BCUT2D eigenvalue weighted by Gasteiger charge is -2.25. The van der Waals surface area contributed by atoms with Crippen LogP contribution in [0.25, 0.3) is 0 Å². The van der Waals surface area contributed by atoms with Crippen molar-refractivity contribution >= 4 is 34.6 Å². The summed E-state index contributed by atoms with van der Waals surface area (Å²) in [5.74, 6) is 0.110. The predicted octanol–water partition coefficient (Wildman–Crippen LogP) is 5.38. The van der Waals surface area contributed by atoms with Crippen molar-refractivity contribution in [2.75, 3.05) is 11.4 Å². The van der Waals surface area contributed by atoms with Crippen molar-refractivity contribution in [3.8, 4) is 0 Å². The molecule has 2 aromatic rings. The van der Waals surface area contributed by atoms with Crippen LogP contribution >= 0.6 is 23.2 Å². The second kappa shape index (κ2) is 6.27. The van der Waals surface area contributed by atoms with Crippen LogP contribution in [0.15, 0.2) is 42.5 Å². The van der Waals surface area contributed by atoms with Crippen molar-refractivity contribution < 1.29 is 4.39 Å². The topological polar surface area (TPSA) is 3.24 Å². The van der Waals surface area contributed by atoms with Gasteiger partial charge in [-0.2, -0.15) is 0 Å². The molecule has 0 fully saturated rings. The Hall–Kier alpha value is -1.25. The molecular formula is C15H14Cl2FN. The summed E-state index contributed by atoms with van der Waals surface area (Å²) in [5.41, 5.74) is 2.68. The Morgan fingerprint density at radius 1 is 1.16 bits per heavy atom. The van der Waals surface area contributed by atoms with E-state index in [1.807, 2.05) is 36.1 Å². The SMILES string of the molecule is CCN(c1cccc(F)c1)c1ccc(Cl)cc1CCl. The highest BCUT2D eigenvalue weighted by Crippen LogP contribution is 2.31. The van der Waals surface area contributed by atoms with Gasteiger partial charge in [-0.05, 0) is 48.9 Å². The molecule has 0 aliphatic rings. The van der Waals surface area contributed by atoms with Crippen LogP contribution in [0, 0.1) is 5.82 Å². The first-order chi connectivity index (χ1) is 9.15. The molecule has 19 heavy (non-hydrogen) atoms. The fourth-order valence-corrected chi connectivity index (χ4v) is 2.47. The number of rotatable bonds is 4. The summed E-state index contributed by atoms with van der Waals surface area (Å²) in [7, 11) is 0. The lowest BCUT2D eigenvalue weighted by Crippen LogP contribution is -2.17. The standard InChI is InChI=1S/C15H14Cl2FN/c1-2-19(14-5-3-4-13(18)9-14)15-7-6-12(17)8-11(15)10-16/h3-9H,2,10H2,1H3. The van der Waals surface area contributed by atoms with Gasteiger partial charge in [-0.15, -0.1) is 11.6 Å². The van der Waals surface area contributed by atoms with Crippen LogP contribution in [0.3, 0.4) is 0 Å². The first-order valence-corrected chi connectivity index (χ1v) is 6.94. The fraction of sp³-hybridized carbons (Fsp3) is 0.200. The Bertz CT molecular complexity index is 572. The van der Waals surface area contributed by atoms with E-state index in [1.54, 1.807) is 6.07 Å². The smallest absolute Gasteiger partial charge is 0.125 e. The van der Waals surface area contributed by atoms with Crippen LogP contribution in [-0.4, -0.2) is 6.54 Å². The minimum absolute atomic E-state index is 0.252. The van der Waals surface area contributed by atoms with Crippen molar-refractivity contribution in [2.24, 2.45) is 0 Å². The molecular weight excluding hydrogens is 284 g/mol. The van der Waals surface area contributed by atoms with Crippen LogP contribution in [0.2, 0.25) is 5.02 Å². The van der Waals surface area contributed by atoms with E-state index in [2.05, 4.69) is 0 Å². The molecule has 4 heteroatoms. The van der Waals surface area contributed by atoms with Gasteiger partial charge < -0.3 is 4.90 Å². The molecule has 0 atom stereocenters. The van der Waals surface area contributed by atoms with Gasteiger partial charge in [0.05, 0.1) is 0 Å². The van der Waals surface area contributed by atoms with Crippen LogP contribution in [-0.2, 0) is 5.88 Å². The largest absolute Gasteiger partial charge is 0.341 e. The molecule has 0 bridgehead atoms. The number of anilines is 2. The normalized spacial score (nSPS) is 10.5. The van der Waals surface area contributed by atoms with Gasteiger partial charge in [-0.3, -0.25) is 0 Å². The molecule has 0 saturated heterocycles. The summed E-state index contributed by atoms with van der Waals surface area (Å²) in [6.07, 6.45) is 0. The van der Waals surface area contributed by atoms with Crippen LogP contribution < -0.4 is 4.90 Å². The second-order valence-corrected chi connectivity index (χ2v) is 4.83. The van der Waals surface area contributed by atoms with E-state index in [0.717, 1.165) is 23.5 Å². The van der Waals surface area contributed by atoms with Crippen LogP contribution in [0.5, 0.6) is 0 Å². The number of halogens is 3. The maximum absolute atomic E-state index is 13.4. The highest BCUT2D eigenvalue weighted by atomic mass is 35.5. The first kappa shape index (κ1) is 14.2. The Kier molecular flexibility index (Phi) is 4.67. The first-order valence-electron chi connectivity index (χ1n) is 6.03. The fourth-order valence-electron chi connectivity index (χ4n) is 2.06. The zero-order valence-electron chi connectivity index (χ0n) is 10.5. The maximum atomic E-state index is 13.4. The van der Waals surface area contributed by atoms with Crippen molar-refractivity contribution in [1.82, 2.24) is 0 Å². The van der Waals surface area contributed by atoms with Gasteiger partial charge in [-0.1, -0.05) is 17.7 Å². The van der Waals surface area contributed by atoms with E-state index in [9.17, 15) is 4.39 Å². The van der Waals surface area contributed by atoms with E-state index in [4.69, 9.17) is 23.2 Å². The van der Waals surface area contributed by atoms with Crippen molar-refractivity contribution in [3.05, 3.63) is 58.9 Å². The third kappa shape index (κ3) is 3.20. The van der Waals surface area contributed by atoms with E-state index < -0.39 is 0 Å². The summed E-state index contributed by atoms with van der Waals surface area (Å²) < 4.78 is 13.4. The van der Waals surface area contributed by atoms with Gasteiger partial charge in [0.1, 0.15) is 5.82 Å². The number of hydrogen-bond acceptors (Lipinski definition) is 1. The van der Waals surface area contributed by atoms with Crippen molar-refractivity contribution in [2.45, 2.75) is 12.8 Å². The Morgan fingerprint density at radius 2 is 1.95 bits per heavy atom. The highest BCUT2D eigenvalue weighted by molar-refractivity contribution is 6.30. The quantitative estimate of drug-likeness (QED) is 0.685. The summed E-state index contributed by atoms with van der Waals surface area (Å²) in [6, 6.07) is 12.1. The maximum Gasteiger partial charge on any atom is 0.125 e. The molecule has 0 amide bonds. The van der Waals surface area contributed by atoms with Gasteiger partial charge >= 0.3 is 0 Å². The van der Waals surface area contributed by atoms with E-state index >= 15 is 0 Å². The van der Waals surface area contributed by atoms with E-state index in [-0.39, 0.29) is 5.82 Å². The molecule has 0 aliphatic carbocycles. The zero-order valence-corrected chi connectivity index (χ0v) is 12.0. The molecule has 0 aromatic heterocycles. The molecule has 0 N–H and O–H groups in total. The van der Waals surface area contributed by atoms with E-state index in [1.165, 1.54) is 12.1 Å². The monoisotopic (exact) mass is 297 g/mol. The molecule has 2 rings (SSSR count). The predicted molar refractivity (Wildman–Crippen MR) is 80.1 cm³/mol. The van der Waals surface area contributed by atoms with Gasteiger partial charge in [0.25, 0.3) is 0 Å². The second-order valence-electron chi connectivity index (χ2n) is 4.13. The molecule has 0 heterocycles. The molecule has 0 spiro atoms. The van der Waals surface area contributed by atoms with Gasteiger partial charge in [0.15, 0.2) is 0 Å². The van der Waals surface area contributed by atoms with Crippen LogP contribution in [0.1, 0.15) is 12.5 Å². The number of benzene rings is 2. The molecule has 2 aromatic carbocycles. The summed E-state index contributed by atoms with van der Waals surface area (Å²) in [4.78, 5) is 2.01. The number of alkyl halides is 1. The molecule has 1 nitrogen and oxygen atoms in total. The van der Waals surface area contributed by atoms with Gasteiger partial charge in [0, 0.05) is 28.8 Å². The molecule has 0 unspecified atom stereocenters. The van der Waals surface area contributed by atoms with E-state index in [0.29, 0.717) is 10.9 Å². The average Bonchev–Trinajstić information content (AvgIpc) is 2.41. The number of nitrogens with zero attached hydrogens (tertiary/aromatic N) is 1. The minimum Gasteiger partial charge on any atom is -0.341 e. The Morgan fingerprint density at radius 3 is 2.58 bits per heavy atom. The summed E-state index contributed by atoms with van der Waals surface area (Å²) in [6.45, 7) is 2.73. The molecule has 0 aliphatic heterocycles. The lowest BCUT2D eigenvalue weighted by atomic mass is 10.1. The molecule has 100 valence electrons. The number of hydrogen-bond donors (Lipinski definition) is 0. The summed E-state index contributed by atoms with van der Waals surface area (Å²) in [5, 5.41) is 0.648. The third-order valence-electron chi connectivity index (χ3n) is 2.91.